The van der Waals surface area contributed by atoms with Gasteiger partial charge in [-0.3, -0.25) is 9.52 Å². The highest BCUT2D eigenvalue weighted by Gasteiger charge is 2.17. The minimum atomic E-state index is -3.90. The zero-order chi connectivity index (χ0) is 23.3. The summed E-state index contributed by atoms with van der Waals surface area (Å²) >= 11 is 0. The number of phenols is 1. The van der Waals surface area contributed by atoms with Crippen molar-refractivity contribution in [2.24, 2.45) is 5.10 Å². The predicted molar refractivity (Wildman–Crippen MR) is 123 cm³/mol. The van der Waals surface area contributed by atoms with Crippen molar-refractivity contribution in [2.45, 2.75) is 18.7 Å². The van der Waals surface area contributed by atoms with Crippen LogP contribution in [0.3, 0.4) is 0 Å². The molecule has 0 radical (unpaired) electrons. The summed E-state index contributed by atoms with van der Waals surface area (Å²) in [6.07, 6.45) is 1.26. The van der Waals surface area contributed by atoms with Gasteiger partial charge >= 0.3 is 0 Å². The number of phenolic OH excluding ortho intramolecular Hbond substituents is 1. The van der Waals surface area contributed by atoms with Gasteiger partial charge in [0.25, 0.3) is 15.9 Å². The molecular weight excluding hydrogens is 430 g/mol. The summed E-state index contributed by atoms with van der Waals surface area (Å²) in [6.45, 7) is 3.73. The first-order valence-electron chi connectivity index (χ1n) is 9.61. The smallest absolute Gasteiger partial charge is 0.271 e. The van der Waals surface area contributed by atoms with Crippen molar-refractivity contribution in [3.8, 4) is 11.5 Å². The van der Waals surface area contributed by atoms with Gasteiger partial charge in [0.1, 0.15) is 0 Å². The van der Waals surface area contributed by atoms with Crippen LogP contribution in [0.2, 0.25) is 0 Å². The number of aryl methyl sites for hydroxylation is 2. The minimum absolute atomic E-state index is 0.0560. The molecule has 3 rings (SSSR count). The second kappa shape index (κ2) is 9.52. The SMILES string of the molecule is COc1cccc(/C=N/NC(=O)c2cccc(S(=O)(=O)Nc3ccc(C)cc3C)c2)c1O. The number of carbonyl (C=O) groups is 1. The number of hydrazone groups is 1. The van der Waals surface area contributed by atoms with Crippen LogP contribution in [0.25, 0.3) is 0 Å². The van der Waals surface area contributed by atoms with Crippen molar-refractivity contribution >= 4 is 27.8 Å². The van der Waals surface area contributed by atoms with E-state index in [1.807, 2.05) is 26.0 Å². The summed E-state index contributed by atoms with van der Waals surface area (Å²) in [7, 11) is -2.47. The fourth-order valence-electron chi connectivity index (χ4n) is 2.97. The van der Waals surface area contributed by atoms with Gasteiger partial charge in [0, 0.05) is 11.1 Å². The lowest BCUT2D eigenvalue weighted by atomic mass is 10.1. The number of ether oxygens (including phenoxy) is 1. The third-order valence-corrected chi connectivity index (χ3v) is 6.02. The highest BCUT2D eigenvalue weighted by molar-refractivity contribution is 7.92. The maximum atomic E-state index is 12.8. The van der Waals surface area contributed by atoms with E-state index in [-0.39, 0.29) is 22.0 Å². The number of benzene rings is 3. The minimum Gasteiger partial charge on any atom is -0.504 e. The molecule has 0 aliphatic carbocycles. The van der Waals surface area contributed by atoms with Gasteiger partial charge in [0.2, 0.25) is 0 Å². The summed E-state index contributed by atoms with van der Waals surface area (Å²) in [5, 5.41) is 13.9. The van der Waals surface area contributed by atoms with Gasteiger partial charge in [-0.25, -0.2) is 13.8 Å². The first-order valence-corrected chi connectivity index (χ1v) is 11.1. The third-order valence-electron chi connectivity index (χ3n) is 4.65. The number of hydrogen-bond acceptors (Lipinski definition) is 6. The van der Waals surface area contributed by atoms with E-state index >= 15 is 0 Å². The molecule has 0 fully saturated rings. The van der Waals surface area contributed by atoms with E-state index in [9.17, 15) is 18.3 Å². The normalized spacial score (nSPS) is 11.3. The Labute approximate surface area is 186 Å². The lowest BCUT2D eigenvalue weighted by Gasteiger charge is -2.12. The molecule has 0 unspecified atom stereocenters. The van der Waals surface area contributed by atoms with Crippen molar-refractivity contribution < 1.29 is 23.1 Å². The summed E-state index contributed by atoms with van der Waals surface area (Å²) < 4.78 is 33.2. The van der Waals surface area contributed by atoms with E-state index in [2.05, 4.69) is 15.2 Å². The van der Waals surface area contributed by atoms with E-state index < -0.39 is 15.9 Å². The molecule has 3 aromatic rings. The van der Waals surface area contributed by atoms with Gasteiger partial charge in [-0.05, 0) is 55.8 Å². The Balaban J connectivity index is 1.75. The lowest BCUT2D eigenvalue weighted by Crippen LogP contribution is -2.19. The van der Waals surface area contributed by atoms with Gasteiger partial charge in [-0.2, -0.15) is 5.10 Å². The number of para-hydroxylation sites is 1. The molecule has 0 bridgehead atoms. The molecule has 32 heavy (non-hydrogen) atoms. The standard InChI is InChI=1S/C23H23N3O5S/c1-15-10-11-20(16(2)12-15)26-32(29,30)19-8-4-6-17(13-19)23(28)25-24-14-18-7-5-9-21(31-3)22(18)27/h4-14,26-27H,1-3H3,(H,25,28)/b24-14+. The summed E-state index contributed by atoms with van der Waals surface area (Å²) in [5.41, 5.74) is 5.05. The average molecular weight is 454 g/mol. The highest BCUT2D eigenvalue weighted by atomic mass is 32.2. The second-order valence-electron chi connectivity index (χ2n) is 7.05. The number of amides is 1. The van der Waals surface area contributed by atoms with Gasteiger partial charge in [-0.1, -0.05) is 29.8 Å². The Morgan fingerprint density at radius 2 is 1.81 bits per heavy atom. The highest BCUT2D eigenvalue weighted by Crippen LogP contribution is 2.28. The number of hydrogen-bond donors (Lipinski definition) is 3. The fourth-order valence-corrected chi connectivity index (χ4v) is 4.15. The molecule has 3 N–H and O–H groups in total. The topological polar surface area (TPSA) is 117 Å². The second-order valence-corrected chi connectivity index (χ2v) is 8.73. The molecule has 0 aliphatic heterocycles. The van der Waals surface area contributed by atoms with Crippen molar-refractivity contribution in [1.29, 1.82) is 0 Å². The third kappa shape index (κ3) is 5.25. The van der Waals surface area contributed by atoms with Crippen LogP contribution in [0.4, 0.5) is 5.69 Å². The molecular formula is C23H23N3O5S. The van der Waals surface area contributed by atoms with Crippen LogP contribution >= 0.6 is 0 Å². The van der Waals surface area contributed by atoms with Crippen LogP contribution < -0.4 is 14.9 Å². The van der Waals surface area contributed by atoms with E-state index in [1.54, 1.807) is 24.3 Å². The van der Waals surface area contributed by atoms with E-state index in [1.165, 1.54) is 37.6 Å². The molecule has 0 spiro atoms. The molecule has 3 aromatic carbocycles. The Morgan fingerprint density at radius 3 is 2.53 bits per heavy atom. The quantitative estimate of drug-likeness (QED) is 0.373. The first kappa shape index (κ1) is 22.8. The molecule has 1 amide bonds. The van der Waals surface area contributed by atoms with Crippen LogP contribution in [-0.2, 0) is 10.0 Å². The van der Waals surface area contributed by atoms with Crippen LogP contribution in [0.5, 0.6) is 11.5 Å². The summed E-state index contributed by atoms with van der Waals surface area (Å²) in [5.74, 6) is -0.444. The van der Waals surface area contributed by atoms with Gasteiger partial charge < -0.3 is 9.84 Å². The Kier molecular flexibility index (Phi) is 6.79. The molecule has 0 aromatic heterocycles. The fraction of sp³-hybridized carbons (Fsp3) is 0.130. The molecule has 8 nitrogen and oxygen atoms in total. The van der Waals surface area contributed by atoms with E-state index in [0.29, 0.717) is 11.3 Å². The number of aromatic hydroxyl groups is 1. The molecule has 9 heteroatoms. The lowest BCUT2D eigenvalue weighted by molar-refractivity contribution is 0.0955. The van der Waals surface area contributed by atoms with Crippen molar-refractivity contribution in [1.82, 2.24) is 5.43 Å². The van der Waals surface area contributed by atoms with Crippen molar-refractivity contribution in [2.75, 3.05) is 11.8 Å². The average Bonchev–Trinajstić information content (AvgIpc) is 2.77. The number of nitrogens with zero attached hydrogens (tertiary/aromatic N) is 1. The number of sulfonamides is 1. The zero-order valence-electron chi connectivity index (χ0n) is 17.8. The molecule has 0 aliphatic rings. The van der Waals surface area contributed by atoms with Crippen molar-refractivity contribution in [3.05, 3.63) is 82.9 Å². The number of methoxy groups -OCH3 is 1. The maximum absolute atomic E-state index is 12.8. The van der Waals surface area contributed by atoms with Crippen LogP contribution in [0, 0.1) is 13.8 Å². The largest absolute Gasteiger partial charge is 0.504 e. The number of anilines is 1. The first-order chi connectivity index (χ1) is 15.2. The Hall–Kier alpha value is -3.85. The summed E-state index contributed by atoms with van der Waals surface area (Å²) in [6, 6.07) is 15.8. The summed E-state index contributed by atoms with van der Waals surface area (Å²) in [4.78, 5) is 12.4. The van der Waals surface area contributed by atoms with Crippen LogP contribution in [-0.4, -0.2) is 32.8 Å². The van der Waals surface area contributed by atoms with E-state index in [4.69, 9.17) is 4.74 Å². The Bertz CT molecular complexity index is 1290. The molecule has 166 valence electrons. The molecule has 0 atom stereocenters. The van der Waals surface area contributed by atoms with Crippen molar-refractivity contribution in [3.63, 3.8) is 0 Å². The number of rotatable bonds is 7. The van der Waals surface area contributed by atoms with Gasteiger partial charge in [-0.15, -0.1) is 0 Å². The zero-order valence-corrected chi connectivity index (χ0v) is 18.6. The number of nitrogens with one attached hydrogen (secondary N) is 2. The van der Waals surface area contributed by atoms with Gasteiger partial charge in [0.15, 0.2) is 11.5 Å². The predicted octanol–water partition coefficient (Wildman–Crippen LogP) is 3.58. The maximum Gasteiger partial charge on any atom is 0.271 e. The van der Waals surface area contributed by atoms with E-state index in [0.717, 1.165) is 11.1 Å². The van der Waals surface area contributed by atoms with Gasteiger partial charge in [0.05, 0.1) is 23.9 Å². The molecule has 0 saturated carbocycles. The van der Waals surface area contributed by atoms with Crippen LogP contribution in [0.15, 0.2) is 70.7 Å². The Morgan fingerprint density at radius 1 is 1.06 bits per heavy atom. The van der Waals surface area contributed by atoms with Crippen LogP contribution in [0.1, 0.15) is 27.0 Å². The molecule has 0 saturated heterocycles. The molecule has 0 heterocycles. The monoisotopic (exact) mass is 453 g/mol. The number of carbonyl (C=O) groups excluding carboxylic acids is 1.